The Bertz CT molecular complexity index is 392. The van der Waals surface area contributed by atoms with Crippen molar-refractivity contribution in [2.24, 2.45) is 0 Å². The monoisotopic (exact) mass is 290 g/mol. The summed E-state index contributed by atoms with van der Waals surface area (Å²) < 4.78 is 66.8. The Morgan fingerprint density at radius 2 is 1.68 bits per heavy atom. The topological polar surface area (TPSA) is 58.6 Å². The van der Waals surface area contributed by atoms with Gasteiger partial charge in [0.2, 0.25) is 5.91 Å². The summed E-state index contributed by atoms with van der Waals surface area (Å²) in [4.78, 5) is 21.6. The van der Waals surface area contributed by atoms with E-state index in [1.807, 2.05) is 0 Å². The highest BCUT2D eigenvalue weighted by atomic mass is 19.4. The predicted molar refractivity (Wildman–Crippen MR) is 52.7 cm³/mol. The minimum Gasteiger partial charge on any atom is -0.466 e. The first-order chi connectivity index (χ1) is 8.43. The summed E-state index contributed by atoms with van der Waals surface area (Å²) >= 11 is 0. The zero-order chi connectivity index (χ0) is 15.4. The van der Waals surface area contributed by atoms with Gasteiger partial charge in [-0.05, 0) is 0 Å². The smallest absolute Gasteiger partial charge is 0.459 e. The maximum Gasteiger partial charge on any atom is 0.459 e. The van der Waals surface area contributed by atoms with Crippen LogP contribution < -0.4 is 5.43 Å². The fraction of sp³-hybridized carbons (Fsp3) is 0.556. The van der Waals surface area contributed by atoms with Crippen LogP contribution in [0.15, 0.2) is 11.8 Å². The number of ether oxygens (including phenoxy) is 1. The number of alkyl halides is 5. The van der Waals surface area contributed by atoms with Crippen LogP contribution in [0.25, 0.3) is 0 Å². The average molecular weight is 290 g/mol. The maximum atomic E-state index is 13.1. The van der Waals surface area contributed by atoms with Gasteiger partial charge in [0.25, 0.3) is 0 Å². The van der Waals surface area contributed by atoms with Crippen LogP contribution in [0, 0.1) is 0 Å². The number of hydrazine groups is 1. The van der Waals surface area contributed by atoms with Gasteiger partial charge < -0.3 is 4.74 Å². The van der Waals surface area contributed by atoms with Gasteiger partial charge in [0.15, 0.2) is 0 Å². The Balaban J connectivity index is 5.48. The summed E-state index contributed by atoms with van der Waals surface area (Å²) in [6, 6.07) is 0. The van der Waals surface area contributed by atoms with Crippen molar-refractivity contribution in [3.05, 3.63) is 11.8 Å². The standard InChI is InChI=1S/C9H11F5N2O3/c1-5(17)16(2)15-6(4-7(18)19-3)8(10,11)9(12,13)14/h4,15H,1-3H3/b6-4+. The molecule has 0 spiro atoms. The summed E-state index contributed by atoms with van der Waals surface area (Å²) in [6.45, 7) is 0.925. The first-order valence-electron chi connectivity index (χ1n) is 4.69. The van der Waals surface area contributed by atoms with Crippen LogP contribution in [0.3, 0.4) is 0 Å². The van der Waals surface area contributed by atoms with Crippen molar-refractivity contribution in [3.63, 3.8) is 0 Å². The summed E-state index contributed by atoms with van der Waals surface area (Å²) in [5.74, 6) is -7.61. The van der Waals surface area contributed by atoms with Gasteiger partial charge in [-0.1, -0.05) is 0 Å². The second-order valence-electron chi connectivity index (χ2n) is 3.34. The third kappa shape index (κ3) is 4.38. The van der Waals surface area contributed by atoms with Gasteiger partial charge in [-0.2, -0.15) is 22.0 Å². The van der Waals surface area contributed by atoms with Crippen molar-refractivity contribution in [1.29, 1.82) is 0 Å². The minimum absolute atomic E-state index is 0.0765. The van der Waals surface area contributed by atoms with E-state index in [2.05, 4.69) is 4.74 Å². The molecule has 0 bridgehead atoms. The lowest BCUT2D eigenvalue weighted by Gasteiger charge is -2.27. The number of esters is 1. The number of hydrogen-bond donors (Lipinski definition) is 1. The molecule has 110 valence electrons. The number of rotatable bonds is 4. The van der Waals surface area contributed by atoms with Gasteiger partial charge in [0.1, 0.15) is 5.70 Å². The van der Waals surface area contributed by atoms with Gasteiger partial charge in [0, 0.05) is 14.0 Å². The molecule has 0 rings (SSSR count). The SMILES string of the molecule is COC(=O)/C=C(/NN(C)C(C)=O)C(F)(F)C(F)(F)F. The maximum absolute atomic E-state index is 13.1. The van der Waals surface area contributed by atoms with Gasteiger partial charge in [-0.15, -0.1) is 0 Å². The molecule has 0 heterocycles. The predicted octanol–water partition coefficient (Wildman–Crippen LogP) is 1.22. The number of nitrogens with zero attached hydrogens (tertiary/aromatic N) is 1. The molecule has 10 heteroatoms. The zero-order valence-electron chi connectivity index (χ0n) is 10.1. The second-order valence-corrected chi connectivity index (χ2v) is 3.34. The molecule has 0 radical (unpaired) electrons. The van der Waals surface area contributed by atoms with Gasteiger partial charge in [-0.3, -0.25) is 15.2 Å². The van der Waals surface area contributed by atoms with E-state index in [9.17, 15) is 31.5 Å². The van der Waals surface area contributed by atoms with E-state index >= 15 is 0 Å². The zero-order valence-corrected chi connectivity index (χ0v) is 10.1. The normalized spacial score (nSPS) is 12.9. The van der Waals surface area contributed by atoms with E-state index in [0.717, 1.165) is 21.1 Å². The largest absolute Gasteiger partial charge is 0.466 e. The number of nitrogens with one attached hydrogen (secondary N) is 1. The van der Waals surface area contributed by atoms with Crippen LogP contribution in [-0.2, 0) is 14.3 Å². The summed E-state index contributed by atoms with van der Waals surface area (Å²) in [6.07, 6.45) is -6.01. The fourth-order valence-electron chi connectivity index (χ4n) is 0.782. The Kier molecular flexibility index (Phi) is 5.27. The minimum atomic E-state index is -5.93. The van der Waals surface area contributed by atoms with E-state index in [0.29, 0.717) is 5.01 Å². The lowest BCUT2D eigenvalue weighted by atomic mass is 10.2. The molecule has 0 aliphatic carbocycles. The number of halogens is 5. The molecular weight excluding hydrogens is 279 g/mol. The van der Waals surface area contributed by atoms with Gasteiger partial charge >= 0.3 is 18.1 Å². The first-order valence-corrected chi connectivity index (χ1v) is 4.69. The number of methoxy groups -OCH3 is 1. The van der Waals surface area contributed by atoms with Crippen LogP contribution in [0.4, 0.5) is 22.0 Å². The molecule has 0 aliphatic heterocycles. The molecule has 1 amide bonds. The third-order valence-corrected chi connectivity index (χ3v) is 1.92. The molecule has 0 saturated carbocycles. The molecule has 19 heavy (non-hydrogen) atoms. The molecule has 0 aromatic rings. The lowest BCUT2D eigenvalue weighted by Crippen LogP contribution is -2.49. The van der Waals surface area contributed by atoms with Crippen molar-refractivity contribution in [3.8, 4) is 0 Å². The number of carbonyl (C=O) groups excluding carboxylic acids is 2. The Hall–Kier alpha value is -1.87. The highest BCUT2D eigenvalue weighted by Crippen LogP contribution is 2.40. The Morgan fingerprint density at radius 1 is 1.21 bits per heavy atom. The number of carbonyl (C=O) groups is 2. The van der Waals surface area contributed by atoms with E-state index < -0.39 is 29.7 Å². The van der Waals surface area contributed by atoms with Crippen LogP contribution in [0.2, 0.25) is 0 Å². The van der Waals surface area contributed by atoms with E-state index in [-0.39, 0.29) is 6.08 Å². The van der Waals surface area contributed by atoms with E-state index in [1.165, 1.54) is 5.43 Å². The van der Waals surface area contributed by atoms with Crippen LogP contribution in [0.5, 0.6) is 0 Å². The molecule has 0 fully saturated rings. The molecule has 0 aromatic heterocycles. The van der Waals surface area contributed by atoms with Gasteiger partial charge in [0.05, 0.1) is 13.2 Å². The fourth-order valence-corrected chi connectivity index (χ4v) is 0.782. The molecular formula is C9H11F5N2O3. The quantitative estimate of drug-likeness (QED) is 0.366. The first kappa shape index (κ1) is 17.1. The van der Waals surface area contributed by atoms with Crippen molar-refractivity contribution < 1.29 is 36.3 Å². The Labute approximate surface area is 105 Å². The number of amides is 1. The summed E-state index contributed by atoms with van der Waals surface area (Å²) in [5.41, 5.74) is -0.313. The van der Waals surface area contributed by atoms with Crippen molar-refractivity contribution in [1.82, 2.24) is 10.4 Å². The molecule has 0 aromatic carbocycles. The van der Waals surface area contributed by atoms with E-state index in [1.54, 1.807) is 0 Å². The molecule has 0 saturated heterocycles. The number of hydrogen-bond acceptors (Lipinski definition) is 4. The van der Waals surface area contributed by atoms with Crippen molar-refractivity contribution in [2.75, 3.05) is 14.2 Å². The summed E-state index contributed by atoms with van der Waals surface area (Å²) in [7, 11) is 1.72. The molecule has 0 atom stereocenters. The third-order valence-electron chi connectivity index (χ3n) is 1.92. The van der Waals surface area contributed by atoms with Crippen LogP contribution >= 0.6 is 0 Å². The lowest BCUT2D eigenvalue weighted by molar-refractivity contribution is -0.267. The Morgan fingerprint density at radius 3 is 2.00 bits per heavy atom. The number of allylic oxidation sites excluding steroid dienone is 1. The molecule has 0 aliphatic rings. The second kappa shape index (κ2) is 5.85. The average Bonchev–Trinajstić information content (AvgIpc) is 2.25. The van der Waals surface area contributed by atoms with Crippen LogP contribution in [0.1, 0.15) is 6.92 Å². The highest BCUT2D eigenvalue weighted by molar-refractivity contribution is 5.83. The van der Waals surface area contributed by atoms with Gasteiger partial charge in [-0.25, -0.2) is 4.79 Å². The van der Waals surface area contributed by atoms with Crippen LogP contribution in [-0.4, -0.2) is 43.1 Å². The van der Waals surface area contributed by atoms with Crippen molar-refractivity contribution >= 4 is 11.9 Å². The van der Waals surface area contributed by atoms with E-state index in [4.69, 9.17) is 0 Å². The van der Waals surface area contributed by atoms with Crippen molar-refractivity contribution in [2.45, 2.75) is 19.0 Å². The molecule has 0 unspecified atom stereocenters. The molecule has 1 N–H and O–H groups in total. The summed E-state index contributed by atoms with van der Waals surface area (Å²) in [5, 5.41) is 0.369. The molecule has 5 nitrogen and oxygen atoms in total. The highest BCUT2D eigenvalue weighted by Gasteiger charge is 2.61.